The molecule has 1 aromatic heterocycles. The molecule has 0 fully saturated rings. The molecule has 0 amide bonds. The van der Waals surface area contributed by atoms with Crippen LogP contribution in [0.3, 0.4) is 0 Å². The molecule has 0 saturated heterocycles. The van der Waals surface area contributed by atoms with E-state index < -0.39 is 4.92 Å². The van der Waals surface area contributed by atoms with Crippen LogP contribution in [0.15, 0.2) is 53.1 Å². The molecule has 0 spiro atoms. The highest BCUT2D eigenvalue weighted by Gasteiger charge is 2.13. The van der Waals surface area contributed by atoms with Crippen LogP contribution >= 0.6 is 27.5 Å². The lowest BCUT2D eigenvalue weighted by molar-refractivity contribution is -0.384. The summed E-state index contributed by atoms with van der Waals surface area (Å²) in [6, 6.07) is 12.2. The predicted molar refractivity (Wildman–Crippen MR) is 90.8 cm³/mol. The van der Waals surface area contributed by atoms with Crippen LogP contribution in [0.25, 0.3) is 10.9 Å². The van der Waals surface area contributed by atoms with Gasteiger partial charge in [-0.05, 0) is 36.4 Å². The molecule has 1 heterocycles. The van der Waals surface area contributed by atoms with Crippen molar-refractivity contribution in [1.82, 2.24) is 4.98 Å². The largest absolute Gasteiger partial charge is 0.355 e. The van der Waals surface area contributed by atoms with Crippen LogP contribution in [0.1, 0.15) is 0 Å². The third-order valence-electron chi connectivity index (χ3n) is 3.13. The molecule has 3 rings (SSSR count). The highest BCUT2D eigenvalue weighted by atomic mass is 79.9. The minimum Gasteiger partial charge on any atom is -0.355 e. The molecule has 0 radical (unpaired) electrons. The first-order valence-electron chi connectivity index (χ1n) is 6.30. The highest BCUT2D eigenvalue weighted by Crippen LogP contribution is 2.31. The molecular weight excluding hydrogens is 370 g/mol. The first kappa shape index (κ1) is 14.7. The van der Waals surface area contributed by atoms with E-state index in [-0.39, 0.29) is 10.7 Å². The molecular formula is C15H9BrClN3O2. The number of nitro benzene ring substituents is 1. The Kier molecular flexibility index (Phi) is 3.96. The number of pyridine rings is 1. The molecule has 0 aliphatic carbocycles. The molecule has 7 heteroatoms. The number of nitro groups is 1. The number of aromatic nitrogens is 1. The second kappa shape index (κ2) is 5.90. The highest BCUT2D eigenvalue weighted by molar-refractivity contribution is 9.10. The number of fused-ring (bicyclic) bond motifs is 1. The van der Waals surface area contributed by atoms with Crippen LogP contribution < -0.4 is 5.32 Å². The lowest BCUT2D eigenvalue weighted by Crippen LogP contribution is -1.95. The van der Waals surface area contributed by atoms with E-state index in [4.69, 9.17) is 11.6 Å². The van der Waals surface area contributed by atoms with Gasteiger partial charge >= 0.3 is 0 Å². The van der Waals surface area contributed by atoms with Gasteiger partial charge in [0.15, 0.2) is 0 Å². The fourth-order valence-electron chi connectivity index (χ4n) is 2.12. The third kappa shape index (κ3) is 2.88. The van der Waals surface area contributed by atoms with Gasteiger partial charge in [-0.25, -0.2) is 0 Å². The maximum atomic E-state index is 11.0. The first-order valence-corrected chi connectivity index (χ1v) is 7.47. The number of nitrogens with one attached hydrogen (secondary N) is 1. The molecule has 0 aliphatic heterocycles. The number of halogens is 2. The van der Waals surface area contributed by atoms with Gasteiger partial charge in [-0.2, -0.15) is 0 Å². The molecule has 110 valence electrons. The fraction of sp³-hybridized carbons (Fsp3) is 0. The van der Waals surface area contributed by atoms with Crippen molar-refractivity contribution in [2.75, 3.05) is 5.32 Å². The van der Waals surface area contributed by atoms with Gasteiger partial charge in [0.05, 0.1) is 10.4 Å². The summed E-state index contributed by atoms with van der Waals surface area (Å²) in [4.78, 5) is 14.8. The number of anilines is 2. The van der Waals surface area contributed by atoms with Crippen molar-refractivity contribution in [2.45, 2.75) is 0 Å². The van der Waals surface area contributed by atoms with Crippen molar-refractivity contribution in [1.29, 1.82) is 0 Å². The summed E-state index contributed by atoms with van der Waals surface area (Å²) in [5.41, 5.74) is 2.09. The Morgan fingerprint density at radius 2 is 2.00 bits per heavy atom. The summed E-state index contributed by atoms with van der Waals surface area (Å²) < 4.78 is 0.937. The van der Waals surface area contributed by atoms with Crippen LogP contribution in [0.2, 0.25) is 5.02 Å². The average molecular weight is 379 g/mol. The van der Waals surface area contributed by atoms with Gasteiger partial charge in [0.1, 0.15) is 5.02 Å². The van der Waals surface area contributed by atoms with Gasteiger partial charge in [-0.15, -0.1) is 0 Å². The van der Waals surface area contributed by atoms with E-state index >= 15 is 0 Å². The summed E-state index contributed by atoms with van der Waals surface area (Å²) in [6.07, 6.45) is 1.68. The number of benzene rings is 2. The minimum atomic E-state index is -0.505. The van der Waals surface area contributed by atoms with Gasteiger partial charge in [0.2, 0.25) is 0 Å². The van der Waals surface area contributed by atoms with E-state index in [0.29, 0.717) is 5.69 Å². The molecule has 0 bridgehead atoms. The van der Waals surface area contributed by atoms with Crippen molar-refractivity contribution in [2.24, 2.45) is 0 Å². The summed E-state index contributed by atoms with van der Waals surface area (Å²) >= 11 is 9.23. The lowest BCUT2D eigenvalue weighted by Gasteiger charge is -2.10. The zero-order valence-electron chi connectivity index (χ0n) is 11.1. The van der Waals surface area contributed by atoms with E-state index in [0.717, 1.165) is 21.1 Å². The molecule has 3 aromatic rings. The molecule has 0 aliphatic rings. The Balaban J connectivity index is 2.03. The molecule has 2 aromatic carbocycles. The Hall–Kier alpha value is -2.18. The monoisotopic (exact) mass is 377 g/mol. The van der Waals surface area contributed by atoms with E-state index in [2.05, 4.69) is 26.2 Å². The zero-order chi connectivity index (χ0) is 15.7. The molecule has 22 heavy (non-hydrogen) atoms. The Bertz CT molecular complexity index is 886. The van der Waals surface area contributed by atoms with Crippen molar-refractivity contribution >= 4 is 55.5 Å². The maximum absolute atomic E-state index is 11.0. The SMILES string of the molecule is O=[N+]([O-])c1cc(Nc2ccnc3cc(Br)ccc23)ccc1Cl. The van der Waals surface area contributed by atoms with E-state index in [9.17, 15) is 10.1 Å². The van der Waals surface area contributed by atoms with E-state index in [1.54, 1.807) is 12.3 Å². The molecule has 0 saturated carbocycles. The molecule has 5 nitrogen and oxygen atoms in total. The fourth-order valence-corrected chi connectivity index (χ4v) is 2.65. The zero-order valence-corrected chi connectivity index (χ0v) is 13.4. The van der Waals surface area contributed by atoms with Gasteiger partial charge in [-0.3, -0.25) is 15.1 Å². The van der Waals surface area contributed by atoms with Gasteiger partial charge in [-0.1, -0.05) is 27.5 Å². The quantitative estimate of drug-likeness (QED) is 0.496. The Morgan fingerprint density at radius 3 is 2.77 bits per heavy atom. The number of nitrogens with zero attached hydrogens (tertiary/aromatic N) is 2. The molecule has 0 atom stereocenters. The van der Waals surface area contributed by atoms with Crippen LogP contribution in [0.5, 0.6) is 0 Å². The summed E-state index contributed by atoms with van der Waals surface area (Å²) in [5, 5.41) is 15.2. The van der Waals surface area contributed by atoms with Crippen LogP contribution in [-0.4, -0.2) is 9.91 Å². The van der Waals surface area contributed by atoms with Crippen LogP contribution in [0.4, 0.5) is 17.1 Å². The third-order valence-corrected chi connectivity index (χ3v) is 3.94. The van der Waals surface area contributed by atoms with Gasteiger partial charge in [0, 0.05) is 33.5 Å². The maximum Gasteiger partial charge on any atom is 0.289 e. The van der Waals surface area contributed by atoms with Crippen LogP contribution in [-0.2, 0) is 0 Å². The topological polar surface area (TPSA) is 68.1 Å². The van der Waals surface area contributed by atoms with Crippen molar-refractivity contribution in [3.05, 3.63) is 68.3 Å². The van der Waals surface area contributed by atoms with Gasteiger partial charge < -0.3 is 5.32 Å². The summed E-state index contributed by atoms with van der Waals surface area (Å²) in [5.74, 6) is 0. The Morgan fingerprint density at radius 1 is 1.18 bits per heavy atom. The Labute approximate surface area is 139 Å². The number of hydrogen-bond acceptors (Lipinski definition) is 4. The predicted octanol–water partition coefficient (Wildman–Crippen LogP) is 5.30. The molecule has 0 unspecified atom stereocenters. The number of rotatable bonds is 3. The minimum absolute atomic E-state index is 0.110. The second-order valence-electron chi connectivity index (χ2n) is 4.57. The van der Waals surface area contributed by atoms with Crippen molar-refractivity contribution < 1.29 is 4.92 Å². The first-order chi connectivity index (χ1) is 10.5. The van der Waals surface area contributed by atoms with Gasteiger partial charge in [0.25, 0.3) is 5.69 Å². The normalized spacial score (nSPS) is 10.6. The number of hydrogen-bond donors (Lipinski definition) is 1. The smallest absolute Gasteiger partial charge is 0.289 e. The summed E-state index contributed by atoms with van der Waals surface area (Å²) in [7, 11) is 0. The average Bonchev–Trinajstić information content (AvgIpc) is 2.49. The van der Waals surface area contributed by atoms with Crippen LogP contribution in [0, 0.1) is 10.1 Å². The standard InChI is InChI=1S/C15H9BrClN3O2/c16-9-1-3-11-13(5-6-18-14(11)7-9)19-10-2-4-12(17)15(8-10)20(21)22/h1-8H,(H,18,19). The lowest BCUT2D eigenvalue weighted by atomic mass is 10.2. The van der Waals surface area contributed by atoms with E-state index in [1.807, 2.05) is 24.3 Å². The van der Waals surface area contributed by atoms with Crippen molar-refractivity contribution in [3.8, 4) is 0 Å². The molecule has 1 N–H and O–H groups in total. The van der Waals surface area contributed by atoms with E-state index in [1.165, 1.54) is 12.1 Å². The van der Waals surface area contributed by atoms with Crippen molar-refractivity contribution in [3.63, 3.8) is 0 Å². The second-order valence-corrected chi connectivity index (χ2v) is 5.89. The summed E-state index contributed by atoms with van der Waals surface area (Å²) in [6.45, 7) is 0.